The van der Waals surface area contributed by atoms with Crippen LogP contribution in [0.25, 0.3) is 6.08 Å². The lowest BCUT2D eigenvalue weighted by Crippen LogP contribution is -2.31. The Morgan fingerprint density at radius 3 is 2.72 bits per heavy atom. The third-order valence-electron chi connectivity index (χ3n) is 4.75. The SMILES string of the molecule is O=C1/C(=C/c2ccc3c(c2)OCO3)N=C(SCc2cccc(C(F)(F)F)c2)N1CCCF. The summed E-state index contributed by atoms with van der Waals surface area (Å²) >= 11 is 1.13. The molecule has 2 aliphatic rings. The number of aliphatic imine (C=N–C) groups is 1. The molecular weight excluding hydrogens is 448 g/mol. The van der Waals surface area contributed by atoms with Gasteiger partial charge in [0.1, 0.15) is 5.70 Å². The van der Waals surface area contributed by atoms with E-state index in [-0.39, 0.29) is 37.1 Å². The average molecular weight is 466 g/mol. The van der Waals surface area contributed by atoms with Gasteiger partial charge in [-0.1, -0.05) is 36.0 Å². The fourth-order valence-corrected chi connectivity index (χ4v) is 4.17. The van der Waals surface area contributed by atoms with E-state index in [1.54, 1.807) is 30.3 Å². The standard InChI is InChI=1S/C22H18F4N2O3S/c23-7-2-8-28-20(29)17(10-14-5-6-18-19(11-14)31-13-30-18)27-21(28)32-12-15-3-1-4-16(9-15)22(24,25)26/h1,3-6,9-11H,2,7-8,12-13H2/b17-10-. The van der Waals surface area contributed by atoms with Crippen molar-refractivity contribution in [1.82, 2.24) is 4.90 Å². The Hall–Kier alpha value is -3.01. The Bertz CT molecular complexity index is 1090. The predicted molar refractivity (Wildman–Crippen MR) is 113 cm³/mol. The lowest BCUT2D eigenvalue weighted by atomic mass is 10.1. The van der Waals surface area contributed by atoms with E-state index in [0.717, 1.165) is 23.9 Å². The molecule has 0 atom stereocenters. The number of ether oxygens (including phenoxy) is 2. The molecule has 2 aromatic rings. The van der Waals surface area contributed by atoms with E-state index >= 15 is 0 Å². The highest BCUT2D eigenvalue weighted by Gasteiger charge is 2.32. The molecule has 10 heteroatoms. The van der Waals surface area contributed by atoms with Crippen LogP contribution in [0.3, 0.4) is 0 Å². The second-order valence-corrected chi connectivity index (χ2v) is 7.97. The predicted octanol–water partition coefficient (Wildman–Crippen LogP) is 5.27. The van der Waals surface area contributed by atoms with Crippen molar-refractivity contribution in [2.24, 2.45) is 4.99 Å². The van der Waals surface area contributed by atoms with Crippen LogP contribution in [0.15, 0.2) is 53.2 Å². The minimum absolute atomic E-state index is 0.125. The third kappa shape index (κ3) is 4.90. The topological polar surface area (TPSA) is 51.1 Å². The Morgan fingerprint density at radius 1 is 1.12 bits per heavy atom. The highest BCUT2D eigenvalue weighted by Crippen LogP contribution is 2.34. The number of thioether (sulfide) groups is 1. The number of benzene rings is 2. The molecule has 0 saturated carbocycles. The van der Waals surface area contributed by atoms with Gasteiger partial charge in [0.15, 0.2) is 16.7 Å². The van der Waals surface area contributed by atoms with Crippen LogP contribution in [-0.2, 0) is 16.7 Å². The molecule has 2 aliphatic heterocycles. The molecule has 0 aromatic heterocycles. The number of carbonyl (C=O) groups excluding carboxylic acids is 1. The molecule has 0 radical (unpaired) electrons. The van der Waals surface area contributed by atoms with Crippen LogP contribution in [0.5, 0.6) is 11.5 Å². The maximum atomic E-state index is 13.0. The van der Waals surface area contributed by atoms with Crippen molar-refractivity contribution >= 4 is 28.9 Å². The minimum Gasteiger partial charge on any atom is -0.454 e. The average Bonchev–Trinajstić information content (AvgIpc) is 3.35. The number of hydrogen-bond acceptors (Lipinski definition) is 5. The summed E-state index contributed by atoms with van der Waals surface area (Å²) in [7, 11) is 0. The zero-order valence-electron chi connectivity index (χ0n) is 16.7. The Morgan fingerprint density at radius 2 is 1.94 bits per heavy atom. The molecule has 32 heavy (non-hydrogen) atoms. The lowest BCUT2D eigenvalue weighted by molar-refractivity contribution is -0.137. The van der Waals surface area contributed by atoms with Crippen molar-refractivity contribution in [2.75, 3.05) is 20.0 Å². The normalized spacial score (nSPS) is 16.8. The smallest absolute Gasteiger partial charge is 0.416 e. The highest BCUT2D eigenvalue weighted by molar-refractivity contribution is 8.13. The first-order chi connectivity index (χ1) is 15.3. The van der Waals surface area contributed by atoms with Crippen molar-refractivity contribution in [1.29, 1.82) is 0 Å². The molecule has 168 valence electrons. The van der Waals surface area contributed by atoms with E-state index < -0.39 is 18.4 Å². The van der Waals surface area contributed by atoms with Crippen molar-refractivity contribution in [3.05, 3.63) is 64.9 Å². The number of nitrogens with zero attached hydrogens (tertiary/aromatic N) is 2. The van der Waals surface area contributed by atoms with Crippen LogP contribution >= 0.6 is 11.8 Å². The fraction of sp³-hybridized carbons (Fsp3) is 0.273. The molecule has 1 amide bonds. The molecule has 0 unspecified atom stereocenters. The van der Waals surface area contributed by atoms with Gasteiger partial charge in [-0.05, 0) is 41.8 Å². The maximum absolute atomic E-state index is 13.0. The van der Waals surface area contributed by atoms with Crippen LogP contribution in [0.2, 0.25) is 0 Å². The van der Waals surface area contributed by atoms with Gasteiger partial charge in [-0.15, -0.1) is 0 Å². The van der Waals surface area contributed by atoms with Crippen molar-refractivity contribution in [3.8, 4) is 11.5 Å². The third-order valence-corrected chi connectivity index (χ3v) is 5.80. The Balaban J connectivity index is 1.55. The molecule has 2 aromatic carbocycles. The largest absolute Gasteiger partial charge is 0.454 e. The van der Waals surface area contributed by atoms with Crippen LogP contribution in [0, 0.1) is 0 Å². The molecule has 0 saturated heterocycles. The first-order valence-corrected chi connectivity index (χ1v) is 10.7. The molecule has 0 bridgehead atoms. The number of hydrogen-bond donors (Lipinski definition) is 0. The minimum atomic E-state index is -4.44. The number of carbonyl (C=O) groups is 1. The Kier molecular flexibility index (Phi) is 6.40. The molecule has 2 heterocycles. The first-order valence-electron chi connectivity index (χ1n) is 9.72. The lowest BCUT2D eigenvalue weighted by Gasteiger charge is -2.17. The monoisotopic (exact) mass is 466 g/mol. The summed E-state index contributed by atoms with van der Waals surface area (Å²) in [5, 5.41) is 0.327. The first kappa shape index (κ1) is 22.2. The number of amidine groups is 1. The van der Waals surface area contributed by atoms with Gasteiger partial charge in [0, 0.05) is 12.3 Å². The van der Waals surface area contributed by atoms with Crippen molar-refractivity contribution in [2.45, 2.75) is 18.3 Å². The van der Waals surface area contributed by atoms with Gasteiger partial charge in [0.05, 0.1) is 12.2 Å². The summed E-state index contributed by atoms with van der Waals surface area (Å²) in [6.45, 7) is -0.349. The molecule has 5 nitrogen and oxygen atoms in total. The summed E-state index contributed by atoms with van der Waals surface area (Å²) in [6.07, 6.45) is -2.72. The van der Waals surface area contributed by atoms with Gasteiger partial charge in [-0.25, -0.2) is 4.99 Å². The van der Waals surface area contributed by atoms with Gasteiger partial charge in [-0.2, -0.15) is 13.2 Å². The summed E-state index contributed by atoms with van der Waals surface area (Å²) < 4.78 is 62.2. The second kappa shape index (κ2) is 9.23. The van der Waals surface area contributed by atoms with Crippen molar-refractivity contribution < 1.29 is 31.8 Å². The molecule has 0 aliphatic carbocycles. The molecular formula is C22H18F4N2O3S. The van der Waals surface area contributed by atoms with E-state index in [1.807, 2.05) is 0 Å². The molecule has 4 rings (SSSR count). The number of alkyl halides is 4. The fourth-order valence-electron chi connectivity index (χ4n) is 3.20. The number of halogens is 4. The Labute approximate surface area is 185 Å². The summed E-state index contributed by atoms with van der Waals surface area (Å²) in [4.78, 5) is 18.6. The van der Waals surface area contributed by atoms with E-state index in [0.29, 0.717) is 27.8 Å². The van der Waals surface area contributed by atoms with Crippen LogP contribution in [0.1, 0.15) is 23.1 Å². The van der Waals surface area contributed by atoms with Gasteiger partial charge in [-0.3, -0.25) is 14.1 Å². The summed E-state index contributed by atoms with van der Waals surface area (Å²) in [5.41, 5.74) is 0.543. The number of fused-ring (bicyclic) bond motifs is 1. The van der Waals surface area contributed by atoms with Crippen LogP contribution in [-0.4, -0.2) is 36.0 Å². The second-order valence-electron chi connectivity index (χ2n) is 7.02. The summed E-state index contributed by atoms with van der Waals surface area (Å²) in [5.74, 6) is 0.958. The molecule has 0 N–H and O–H groups in total. The molecule has 0 fully saturated rings. The zero-order valence-corrected chi connectivity index (χ0v) is 17.5. The number of amides is 1. The van der Waals surface area contributed by atoms with E-state index in [1.165, 1.54) is 11.0 Å². The van der Waals surface area contributed by atoms with E-state index in [2.05, 4.69) is 4.99 Å². The van der Waals surface area contributed by atoms with Crippen LogP contribution in [0.4, 0.5) is 17.6 Å². The van der Waals surface area contributed by atoms with Gasteiger partial charge >= 0.3 is 6.18 Å². The van der Waals surface area contributed by atoms with Crippen LogP contribution < -0.4 is 9.47 Å². The zero-order chi connectivity index (χ0) is 22.7. The van der Waals surface area contributed by atoms with E-state index in [4.69, 9.17) is 9.47 Å². The highest BCUT2D eigenvalue weighted by atomic mass is 32.2. The van der Waals surface area contributed by atoms with Crippen molar-refractivity contribution in [3.63, 3.8) is 0 Å². The van der Waals surface area contributed by atoms with E-state index in [9.17, 15) is 22.4 Å². The summed E-state index contributed by atoms with van der Waals surface area (Å²) in [6, 6.07) is 10.2. The number of rotatable bonds is 6. The quantitative estimate of drug-likeness (QED) is 0.430. The maximum Gasteiger partial charge on any atom is 0.416 e. The van der Waals surface area contributed by atoms with Gasteiger partial charge in [0.2, 0.25) is 6.79 Å². The molecule has 0 spiro atoms. The van der Waals surface area contributed by atoms with Gasteiger partial charge < -0.3 is 9.47 Å². The van der Waals surface area contributed by atoms with Gasteiger partial charge in [0.25, 0.3) is 5.91 Å².